The molecule has 1 aromatic heterocycles. The van der Waals surface area contributed by atoms with Crippen LogP contribution in [0, 0.1) is 13.8 Å². The lowest BCUT2D eigenvalue weighted by Crippen LogP contribution is -2.10. The summed E-state index contributed by atoms with van der Waals surface area (Å²) in [7, 11) is 1.68. The van der Waals surface area contributed by atoms with E-state index in [1.165, 1.54) is 11.1 Å². The molecule has 0 amide bonds. The van der Waals surface area contributed by atoms with Crippen molar-refractivity contribution in [3.63, 3.8) is 0 Å². The van der Waals surface area contributed by atoms with Crippen molar-refractivity contribution in [3.05, 3.63) is 90.1 Å². The van der Waals surface area contributed by atoms with Crippen molar-refractivity contribution < 1.29 is 4.74 Å². The van der Waals surface area contributed by atoms with Crippen molar-refractivity contribution in [1.29, 1.82) is 0 Å². The zero-order valence-corrected chi connectivity index (χ0v) is 18.6. The number of hydrogen-bond acceptors (Lipinski definition) is 4. The highest BCUT2D eigenvalue weighted by Gasteiger charge is 2.21. The molecular formula is C26H25N5O. The number of hydrogen-bond donors (Lipinski definition) is 0. The molecule has 0 N–H and O–H groups in total. The Morgan fingerprint density at radius 3 is 2.50 bits per heavy atom. The van der Waals surface area contributed by atoms with E-state index in [4.69, 9.17) is 4.74 Å². The molecule has 6 heteroatoms. The second-order valence-electron chi connectivity index (χ2n) is 8.10. The predicted molar refractivity (Wildman–Crippen MR) is 125 cm³/mol. The fraction of sp³-hybridized carbons (Fsp3) is 0.192. The van der Waals surface area contributed by atoms with Gasteiger partial charge in [0.15, 0.2) is 5.82 Å². The second kappa shape index (κ2) is 7.96. The molecular weight excluding hydrogens is 398 g/mol. The highest BCUT2D eigenvalue weighted by atomic mass is 16.5. The van der Waals surface area contributed by atoms with Gasteiger partial charge in [-0.15, -0.1) is 10.2 Å². The van der Waals surface area contributed by atoms with Crippen molar-refractivity contribution in [1.82, 2.24) is 24.3 Å². The number of nitrogens with zero attached hydrogens (tertiary/aromatic N) is 5. The van der Waals surface area contributed by atoms with Gasteiger partial charge in [-0.3, -0.25) is 0 Å². The number of aryl methyl sites for hydroxylation is 2. The fourth-order valence-electron chi connectivity index (χ4n) is 4.08. The van der Waals surface area contributed by atoms with Gasteiger partial charge in [-0.05, 0) is 50.6 Å². The molecule has 0 spiro atoms. The van der Waals surface area contributed by atoms with Gasteiger partial charge in [-0.1, -0.05) is 35.9 Å². The third-order valence-corrected chi connectivity index (χ3v) is 5.91. The topological polar surface area (TPSA) is 57.8 Å². The van der Waals surface area contributed by atoms with Crippen molar-refractivity contribution in [2.24, 2.45) is 0 Å². The minimum absolute atomic E-state index is 0.144. The number of pyridine rings is 1. The molecule has 2 aromatic carbocycles. The van der Waals surface area contributed by atoms with Crippen LogP contribution in [0.5, 0.6) is 5.75 Å². The normalized spacial score (nSPS) is 12.2. The van der Waals surface area contributed by atoms with E-state index in [9.17, 15) is 0 Å². The Bertz CT molecular complexity index is 1350. The molecule has 3 aromatic rings. The number of ether oxygens (including phenoxy) is 1. The molecule has 160 valence electrons. The van der Waals surface area contributed by atoms with Gasteiger partial charge in [0.05, 0.1) is 30.9 Å². The van der Waals surface area contributed by atoms with Crippen molar-refractivity contribution in [3.8, 4) is 34.1 Å². The first kappa shape index (κ1) is 20.0. The summed E-state index contributed by atoms with van der Waals surface area (Å²) >= 11 is 0. The smallest absolute Gasteiger partial charge is 0.165 e. The summed E-state index contributed by atoms with van der Waals surface area (Å²) in [4.78, 5) is 4.32. The van der Waals surface area contributed by atoms with Gasteiger partial charge >= 0.3 is 0 Å². The number of methoxy groups -OCH3 is 1. The Morgan fingerprint density at radius 1 is 0.969 bits per heavy atom. The van der Waals surface area contributed by atoms with E-state index in [-0.39, 0.29) is 6.04 Å². The van der Waals surface area contributed by atoms with Crippen molar-refractivity contribution in [2.45, 2.75) is 26.8 Å². The average molecular weight is 424 g/mol. The van der Waals surface area contributed by atoms with E-state index < -0.39 is 0 Å². The lowest BCUT2D eigenvalue weighted by Gasteiger charge is -2.19. The lowest BCUT2D eigenvalue weighted by atomic mass is 10.0. The van der Waals surface area contributed by atoms with Gasteiger partial charge in [0.1, 0.15) is 11.4 Å². The van der Waals surface area contributed by atoms with Gasteiger partial charge in [0, 0.05) is 23.5 Å². The third-order valence-electron chi connectivity index (χ3n) is 5.91. The van der Waals surface area contributed by atoms with Crippen LogP contribution in [0.4, 0.5) is 0 Å². The van der Waals surface area contributed by atoms with Crippen LogP contribution in [0.3, 0.4) is 0 Å². The standard InChI is InChI=1S/C26H25N5O/c1-17-7-9-20(10-8-17)19(3)31-13-5-6-22-25(28-29-26(22)31)21-11-12-23(24(14-21)32-4)30-15-18(2)27-16-30/h5-16,19H,1-4H3. The zero-order valence-electron chi connectivity index (χ0n) is 18.6. The Balaban J connectivity index is 1.53. The predicted octanol–water partition coefficient (Wildman–Crippen LogP) is 5.47. The summed E-state index contributed by atoms with van der Waals surface area (Å²) in [6.07, 6.45) is 5.83. The van der Waals surface area contributed by atoms with Gasteiger partial charge in [0.2, 0.25) is 0 Å². The summed E-state index contributed by atoms with van der Waals surface area (Å²) in [5, 5.41) is 9.11. The minimum atomic E-state index is 0.144. The van der Waals surface area contributed by atoms with Crippen LogP contribution in [0.25, 0.3) is 28.3 Å². The van der Waals surface area contributed by atoms with E-state index in [0.29, 0.717) is 0 Å². The first-order valence-electron chi connectivity index (χ1n) is 10.6. The highest BCUT2D eigenvalue weighted by molar-refractivity contribution is 5.80. The van der Waals surface area contributed by atoms with Crippen molar-refractivity contribution >= 4 is 0 Å². The molecule has 0 bridgehead atoms. The molecule has 2 aliphatic rings. The lowest BCUT2D eigenvalue weighted by molar-refractivity contribution is 0.413. The monoisotopic (exact) mass is 423 g/mol. The maximum Gasteiger partial charge on any atom is 0.165 e. The van der Waals surface area contributed by atoms with E-state index in [1.54, 1.807) is 13.4 Å². The number of rotatable bonds is 5. The van der Waals surface area contributed by atoms with Gasteiger partial charge in [-0.2, -0.15) is 0 Å². The molecule has 1 unspecified atom stereocenters. The minimum Gasteiger partial charge on any atom is -0.495 e. The quantitative estimate of drug-likeness (QED) is 0.376. The zero-order chi connectivity index (χ0) is 22.2. The third kappa shape index (κ3) is 3.43. The van der Waals surface area contributed by atoms with Crippen LogP contribution < -0.4 is 4.74 Å². The Kier molecular flexibility index (Phi) is 4.98. The number of imidazole rings is 1. The summed E-state index contributed by atoms with van der Waals surface area (Å²) in [5.74, 6) is 1.62. The molecule has 0 fully saturated rings. The molecule has 0 aliphatic carbocycles. The van der Waals surface area contributed by atoms with E-state index >= 15 is 0 Å². The highest BCUT2D eigenvalue weighted by Crippen LogP contribution is 2.36. The Morgan fingerprint density at radius 2 is 1.78 bits per heavy atom. The van der Waals surface area contributed by atoms with E-state index in [2.05, 4.69) is 82.3 Å². The molecule has 0 saturated carbocycles. The molecule has 0 radical (unpaired) electrons. The van der Waals surface area contributed by atoms with Crippen LogP contribution in [-0.2, 0) is 0 Å². The summed E-state index contributed by atoms with van der Waals surface area (Å²) < 4.78 is 9.83. The molecule has 3 heterocycles. The van der Waals surface area contributed by atoms with Crippen LogP contribution in [0.15, 0.2) is 73.3 Å². The Labute approximate surface area is 187 Å². The number of aromatic nitrogens is 5. The molecule has 6 nitrogen and oxygen atoms in total. The number of benzene rings is 2. The number of fused-ring (bicyclic) bond motifs is 1. The van der Waals surface area contributed by atoms with Crippen LogP contribution >= 0.6 is 0 Å². The van der Waals surface area contributed by atoms with Gasteiger partial charge < -0.3 is 13.9 Å². The van der Waals surface area contributed by atoms with Crippen molar-refractivity contribution in [2.75, 3.05) is 7.11 Å². The summed E-state index contributed by atoms with van der Waals surface area (Å²) in [6, 6.07) is 19.0. The molecule has 1 atom stereocenters. The SMILES string of the molecule is COc1cc(-c2nnc3n(C(C)c4ccc(C)cc4)cccc2-3)ccc1-n1cnc(C)c1. The second-order valence-corrected chi connectivity index (χ2v) is 8.10. The largest absolute Gasteiger partial charge is 0.495 e. The maximum absolute atomic E-state index is 5.69. The van der Waals surface area contributed by atoms with E-state index in [0.717, 1.165) is 39.8 Å². The average Bonchev–Trinajstić information content (AvgIpc) is 3.45. The summed E-state index contributed by atoms with van der Waals surface area (Å²) in [5.41, 5.74) is 7.20. The summed E-state index contributed by atoms with van der Waals surface area (Å²) in [6.45, 7) is 6.25. The van der Waals surface area contributed by atoms with Gasteiger partial charge in [0.25, 0.3) is 0 Å². The molecule has 32 heavy (non-hydrogen) atoms. The first-order valence-corrected chi connectivity index (χ1v) is 10.6. The first-order chi connectivity index (χ1) is 15.5. The van der Waals surface area contributed by atoms with Crippen LogP contribution in [0.2, 0.25) is 0 Å². The van der Waals surface area contributed by atoms with E-state index in [1.807, 2.05) is 29.8 Å². The molecule has 0 saturated heterocycles. The molecule has 2 aliphatic heterocycles. The van der Waals surface area contributed by atoms with Gasteiger partial charge in [-0.25, -0.2) is 4.98 Å². The fourth-order valence-corrected chi connectivity index (χ4v) is 4.08. The van der Waals surface area contributed by atoms with Crippen LogP contribution in [0.1, 0.15) is 29.8 Å². The maximum atomic E-state index is 5.69. The Hall–Kier alpha value is -3.93. The van der Waals surface area contributed by atoms with Crippen LogP contribution in [-0.4, -0.2) is 31.4 Å². The molecule has 5 rings (SSSR count).